The van der Waals surface area contributed by atoms with Gasteiger partial charge < -0.3 is 14.9 Å². The standard InChI is InChI=1S/C11H16N2O5/c1-3-11(2)8(16)7(15)9(18-11)13-5-4-6(14)12-10(13)17/h4-5,7-9,15-16H,3H2,1-2H3,(H,12,14,17)/t7-,8?,9+,11+/m0/s1. The summed E-state index contributed by atoms with van der Waals surface area (Å²) in [5.41, 5.74) is -2.12. The Morgan fingerprint density at radius 1 is 1.50 bits per heavy atom. The van der Waals surface area contributed by atoms with E-state index in [2.05, 4.69) is 4.98 Å². The van der Waals surface area contributed by atoms with Crippen LogP contribution in [-0.2, 0) is 4.74 Å². The molecule has 1 aromatic rings. The summed E-state index contributed by atoms with van der Waals surface area (Å²) >= 11 is 0. The number of aromatic nitrogens is 2. The van der Waals surface area contributed by atoms with Crippen LogP contribution in [0.4, 0.5) is 0 Å². The van der Waals surface area contributed by atoms with E-state index in [1.54, 1.807) is 6.92 Å². The van der Waals surface area contributed by atoms with Gasteiger partial charge in [0.2, 0.25) is 0 Å². The van der Waals surface area contributed by atoms with Crippen molar-refractivity contribution in [2.24, 2.45) is 0 Å². The Labute approximate surface area is 103 Å². The van der Waals surface area contributed by atoms with Crippen molar-refractivity contribution >= 4 is 0 Å². The summed E-state index contributed by atoms with van der Waals surface area (Å²) < 4.78 is 6.64. The molecule has 1 fully saturated rings. The molecular formula is C11H16N2O5. The van der Waals surface area contributed by atoms with Crippen molar-refractivity contribution in [3.8, 4) is 0 Å². The molecule has 0 amide bonds. The van der Waals surface area contributed by atoms with Crippen LogP contribution in [0.15, 0.2) is 21.9 Å². The average molecular weight is 256 g/mol. The molecule has 1 aromatic heterocycles. The number of rotatable bonds is 2. The second-order valence-corrected chi connectivity index (χ2v) is 4.63. The van der Waals surface area contributed by atoms with Gasteiger partial charge in [-0.15, -0.1) is 0 Å². The van der Waals surface area contributed by atoms with Gasteiger partial charge in [-0.3, -0.25) is 14.3 Å². The zero-order chi connectivity index (χ0) is 13.5. The summed E-state index contributed by atoms with van der Waals surface area (Å²) in [5.74, 6) is 0. The maximum absolute atomic E-state index is 11.6. The van der Waals surface area contributed by atoms with Crippen molar-refractivity contribution in [1.29, 1.82) is 0 Å². The number of hydrogen-bond donors (Lipinski definition) is 3. The van der Waals surface area contributed by atoms with Crippen LogP contribution in [0, 0.1) is 0 Å². The van der Waals surface area contributed by atoms with Gasteiger partial charge in [0.15, 0.2) is 6.23 Å². The van der Waals surface area contributed by atoms with Gasteiger partial charge in [0.25, 0.3) is 5.56 Å². The molecule has 0 spiro atoms. The van der Waals surface area contributed by atoms with E-state index in [0.29, 0.717) is 6.42 Å². The first-order valence-corrected chi connectivity index (χ1v) is 5.74. The molecule has 3 N–H and O–H groups in total. The van der Waals surface area contributed by atoms with E-state index >= 15 is 0 Å². The highest BCUT2D eigenvalue weighted by atomic mass is 16.6. The quantitative estimate of drug-likeness (QED) is 0.626. The molecule has 7 heteroatoms. The Hall–Kier alpha value is -1.44. The second-order valence-electron chi connectivity index (χ2n) is 4.63. The number of aliphatic hydroxyl groups is 2. The van der Waals surface area contributed by atoms with Crippen LogP contribution in [0.1, 0.15) is 26.5 Å². The highest BCUT2D eigenvalue weighted by molar-refractivity contribution is 4.99. The fraction of sp³-hybridized carbons (Fsp3) is 0.636. The van der Waals surface area contributed by atoms with E-state index in [1.807, 2.05) is 6.92 Å². The Balaban J connectivity index is 2.41. The van der Waals surface area contributed by atoms with E-state index in [9.17, 15) is 19.8 Å². The molecule has 0 saturated carbocycles. The van der Waals surface area contributed by atoms with Gasteiger partial charge in [0.05, 0.1) is 5.60 Å². The predicted octanol–water partition coefficient (Wildman–Crippen LogP) is -1.04. The number of H-pyrrole nitrogens is 1. The molecule has 0 bridgehead atoms. The monoisotopic (exact) mass is 256 g/mol. The summed E-state index contributed by atoms with van der Waals surface area (Å²) in [6.45, 7) is 3.48. The van der Waals surface area contributed by atoms with Crippen molar-refractivity contribution in [2.75, 3.05) is 0 Å². The Morgan fingerprint density at radius 2 is 2.17 bits per heavy atom. The molecule has 0 radical (unpaired) electrons. The van der Waals surface area contributed by atoms with Crippen LogP contribution >= 0.6 is 0 Å². The number of nitrogens with zero attached hydrogens (tertiary/aromatic N) is 1. The minimum atomic E-state index is -1.22. The maximum Gasteiger partial charge on any atom is 0.330 e. The van der Waals surface area contributed by atoms with Gasteiger partial charge in [-0.2, -0.15) is 0 Å². The van der Waals surface area contributed by atoms with Gasteiger partial charge in [0, 0.05) is 12.3 Å². The minimum Gasteiger partial charge on any atom is -0.387 e. The van der Waals surface area contributed by atoms with Crippen LogP contribution < -0.4 is 11.2 Å². The Morgan fingerprint density at radius 3 is 2.67 bits per heavy atom. The van der Waals surface area contributed by atoms with Gasteiger partial charge in [-0.25, -0.2) is 4.79 Å². The second kappa shape index (κ2) is 4.34. The average Bonchev–Trinajstić information content (AvgIpc) is 2.55. The zero-order valence-corrected chi connectivity index (χ0v) is 10.2. The number of hydrogen-bond acceptors (Lipinski definition) is 5. The normalized spacial score (nSPS) is 35.9. The molecule has 7 nitrogen and oxygen atoms in total. The van der Waals surface area contributed by atoms with E-state index in [0.717, 1.165) is 10.6 Å². The molecule has 1 aliphatic rings. The first kappa shape index (κ1) is 13.0. The first-order valence-electron chi connectivity index (χ1n) is 5.74. The lowest BCUT2D eigenvalue weighted by Gasteiger charge is -2.25. The van der Waals surface area contributed by atoms with Crippen molar-refractivity contribution in [2.45, 2.75) is 44.3 Å². The van der Waals surface area contributed by atoms with E-state index in [1.165, 1.54) is 6.20 Å². The van der Waals surface area contributed by atoms with Crippen molar-refractivity contribution in [3.63, 3.8) is 0 Å². The molecule has 1 saturated heterocycles. The summed E-state index contributed by atoms with van der Waals surface area (Å²) in [5, 5.41) is 19.9. The van der Waals surface area contributed by atoms with E-state index in [-0.39, 0.29) is 0 Å². The number of aliphatic hydroxyl groups excluding tert-OH is 2. The molecule has 100 valence electrons. The fourth-order valence-corrected chi connectivity index (χ4v) is 2.07. The lowest BCUT2D eigenvalue weighted by molar-refractivity contribution is -0.0958. The lowest BCUT2D eigenvalue weighted by atomic mass is 9.95. The third-order valence-corrected chi connectivity index (χ3v) is 3.46. The van der Waals surface area contributed by atoms with Crippen molar-refractivity contribution < 1.29 is 14.9 Å². The summed E-state index contributed by atoms with van der Waals surface area (Å²) in [6, 6.07) is 1.16. The van der Waals surface area contributed by atoms with Gasteiger partial charge >= 0.3 is 5.69 Å². The first-order chi connectivity index (χ1) is 8.39. The third kappa shape index (κ3) is 1.90. The molecular weight excluding hydrogens is 240 g/mol. The third-order valence-electron chi connectivity index (χ3n) is 3.46. The zero-order valence-electron chi connectivity index (χ0n) is 10.2. The van der Waals surface area contributed by atoms with Crippen LogP contribution in [-0.4, -0.2) is 37.6 Å². The topological polar surface area (TPSA) is 105 Å². The number of ether oxygens (including phenoxy) is 1. The van der Waals surface area contributed by atoms with Crippen LogP contribution in [0.25, 0.3) is 0 Å². The van der Waals surface area contributed by atoms with Crippen LogP contribution in [0.2, 0.25) is 0 Å². The fourth-order valence-electron chi connectivity index (χ4n) is 2.07. The largest absolute Gasteiger partial charge is 0.387 e. The lowest BCUT2D eigenvalue weighted by Crippen LogP contribution is -2.40. The molecule has 18 heavy (non-hydrogen) atoms. The van der Waals surface area contributed by atoms with E-state index in [4.69, 9.17) is 4.74 Å². The van der Waals surface area contributed by atoms with E-state index < -0.39 is 35.3 Å². The maximum atomic E-state index is 11.6. The molecule has 1 aliphatic heterocycles. The predicted molar refractivity (Wildman–Crippen MR) is 62.2 cm³/mol. The smallest absolute Gasteiger partial charge is 0.330 e. The van der Waals surface area contributed by atoms with Crippen LogP contribution in [0.5, 0.6) is 0 Å². The molecule has 0 aliphatic carbocycles. The number of aromatic amines is 1. The summed E-state index contributed by atoms with van der Waals surface area (Å²) in [6.07, 6.45) is -1.60. The molecule has 4 atom stereocenters. The van der Waals surface area contributed by atoms with Crippen molar-refractivity contribution in [1.82, 2.24) is 9.55 Å². The highest BCUT2D eigenvalue weighted by Crippen LogP contribution is 2.38. The highest BCUT2D eigenvalue weighted by Gasteiger charge is 2.50. The van der Waals surface area contributed by atoms with Crippen LogP contribution in [0.3, 0.4) is 0 Å². The SMILES string of the molecule is CC[C@@]1(C)O[C@@H](n2ccc(=O)[nH]c2=O)[C@@H](O)C1O. The Bertz CT molecular complexity index is 551. The molecule has 2 rings (SSSR count). The minimum absolute atomic E-state index is 0.486. The molecule has 1 unspecified atom stereocenters. The molecule has 0 aromatic carbocycles. The summed E-state index contributed by atoms with van der Waals surface area (Å²) in [7, 11) is 0. The van der Waals surface area contributed by atoms with Gasteiger partial charge in [0.1, 0.15) is 12.2 Å². The summed E-state index contributed by atoms with van der Waals surface area (Å²) in [4.78, 5) is 24.7. The van der Waals surface area contributed by atoms with Crippen molar-refractivity contribution in [3.05, 3.63) is 33.1 Å². The number of nitrogens with one attached hydrogen (secondary N) is 1. The van der Waals surface area contributed by atoms with Gasteiger partial charge in [-0.05, 0) is 13.3 Å². The van der Waals surface area contributed by atoms with Gasteiger partial charge in [-0.1, -0.05) is 6.92 Å². The molecule has 2 heterocycles. The Kier molecular flexibility index (Phi) is 3.14.